The molecule has 0 N–H and O–H groups in total. The molecule has 6 heteroatoms. The highest BCUT2D eigenvalue weighted by Gasteiger charge is 2.31. The molecule has 0 bridgehead atoms. The topological polar surface area (TPSA) is 26.0 Å². The van der Waals surface area contributed by atoms with E-state index >= 15 is 0 Å². The van der Waals surface area contributed by atoms with Crippen LogP contribution in [0.2, 0.25) is 0 Å². The van der Waals surface area contributed by atoms with Crippen molar-refractivity contribution in [2.45, 2.75) is 6.18 Å². The highest BCUT2D eigenvalue weighted by molar-refractivity contribution is 5.76. The van der Waals surface area contributed by atoms with E-state index in [9.17, 15) is 17.6 Å². The number of fused-ring (bicyclic) bond motifs is 1. The monoisotopic (exact) mass is 281 g/mol. The summed E-state index contributed by atoms with van der Waals surface area (Å²) < 4.78 is 56.9. The fraction of sp³-hybridized carbons (Fsp3) is 0.0714. The van der Waals surface area contributed by atoms with Crippen molar-refractivity contribution in [3.63, 3.8) is 0 Å². The van der Waals surface area contributed by atoms with Crippen LogP contribution in [-0.2, 0) is 6.18 Å². The Hall–Kier alpha value is -2.37. The van der Waals surface area contributed by atoms with Crippen molar-refractivity contribution in [2.75, 3.05) is 0 Å². The Morgan fingerprint density at radius 3 is 2.45 bits per heavy atom. The molecule has 102 valence electrons. The SMILES string of the molecule is Fc1ccc(C(F)(F)F)cc1-c1nc2ccccc2o1. The molecule has 2 nitrogen and oxygen atoms in total. The molecular weight excluding hydrogens is 274 g/mol. The maximum atomic E-state index is 13.7. The quantitative estimate of drug-likeness (QED) is 0.607. The predicted molar refractivity (Wildman–Crippen MR) is 64.4 cm³/mol. The van der Waals surface area contributed by atoms with Crippen molar-refractivity contribution < 1.29 is 22.0 Å². The molecule has 1 aromatic heterocycles. The van der Waals surface area contributed by atoms with Gasteiger partial charge < -0.3 is 4.42 Å². The number of oxazole rings is 1. The Morgan fingerprint density at radius 2 is 1.75 bits per heavy atom. The van der Waals surface area contributed by atoms with E-state index < -0.39 is 17.6 Å². The number of aromatic nitrogens is 1. The van der Waals surface area contributed by atoms with Crippen LogP contribution in [0.5, 0.6) is 0 Å². The Bertz CT molecular complexity index is 743. The molecule has 0 atom stereocenters. The molecule has 3 rings (SSSR count). The highest BCUT2D eigenvalue weighted by Crippen LogP contribution is 2.34. The first-order valence-electron chi connectivity index (χ1n) is 5.68. The number of rotatable bonds is 1. The lowest BCUT2D eigenvalue weighted by molar-refractivity contribution is -0.137. The third-order valence-corrected chi connectivity index (χ3v) is 2.82. The lowest BCUT2D eigenvalue weighted by atomic mass is 10.1. The average molecular weight is 281 g/mol. The van der Waals surface area contributed by atoms with Crippen molar-refractivity contribution >= 4 is 11.1 Å². The summed E-state index contributed by atoms with van der Waals surface area (Å²) in [7, 11) is 0. The third kappa shape index (κ3) is 2.13. The van der Waals surface area contributed by atoms with Gasteiger partial charge in [0.15, 0.2) is 5.58 Å². The summed E-state index contributed by atoms with van der Waals surface area (Å²) in [5.74, 6) is -0.987. The normalized spacial score (nSPS) is 12.0. The van der Waals surface area contributed by atoms with Gasteiger partial charge in [-0.25, -0.2) is 9.37 Å². The number of hydrogen-bond donors (Lipinski definition) is 0. The number of benzene rings is 2. The predicted octanol–water partition coefficient (Wildman–Crippen LogP) is 4.65. The van der Waals surface area contributed by atoms with Gasteiger partial charge >= 0.3 is 6.18 Å². The Balaban J connectivity index is 2.17. The molecule has 0 unspecified atom stereocenters. The minimum atomic E-state index is -4.55. The lowest BCUT2D eigenvalue weighted by Crippen LogP contribution is -2.05. The largest absolute Gasteiger partial charge is 0.436 e. The van der Waals surface area contributed by atoms with E-state index in [1.807, 2.05) is 0 Å². The maximum absolute atomic E-state index is 13.7. The first-order chi connectivity index (χ1) is 9.45. The minimum absolute atomic E-state index is 0.171. The highest BCUT2D eigenvalue weighted by atomic mass is 19.4. The standard InChI is InChI=1S/C14H7F4NO/c15-10-6-5-8(14(16,17)18)7-9(10)13-19-11-3-1-2-4-12(11)20-13/h1-7H. The molecule has 0 amide bonds. The van der Waals surface area contributed by atoms with Crippen molar-refractivity contribution in [2.24, 2.45) is 0 Å². The van der Waals surface area contributed by atoms with E-state index in [0.717, 1.165) is 6.07 Å². The maximum Gasteiger partial charge on any atom is 0.416 e. The number of halogens is 4. The third-order valence-electron chi connectivity index (χ3n) is 2.82. The molecule has 0 spiro atoms. The molecule has 0 saturated heterocycles. The number of alkyl halides is 3. The van der Waals surface area contributed by atoms with Gasteiger partial charge in [0.1, 0.15) is 11.3 Å². The van der Waals surface area contributed by atoms with Gasteiger partial charge in [0.25, 0.3) is 0 Å². The summed E-state index contributed by atoms with van der Waals surface area (Å²) in [6.07, 6.45) is -4.55. The van der Waals surface area contributed by atoms with Gasteiger partial charge in [-0.05, 0) is 30.3 Å². The Morgan fingerprint density at radius 1 is 1.00 bits per heavy atom. The van der Waals surface area contributed by atoms with Crippen LogP contribution in [0.25, 0.3) is 22.6 Å². The number of nitrogens with zero attached hydrogens (tertiary/aromatic N) is 1. The molecule has 0 radical (unpaired) electrons. The first-order valence-corrected chi connectivity index (χ1v) is 5.68. The molecule has 3 aromatic rings. The first kappa shape index (κ1) is 12.7. The summed E-state index contributed by atoms with van der Waals surface area (Å²) in [6, 6.07) is 8.77. The van der Waals surface area contributed by atoms with E-state index in [4.69, 9.17) is 4.42 Å². The van der Waals surface area contributed by atoms with E-state index in [-0.39, 0.29) is 11.5 Å². The zero-order chi connectivity index (χ0) is 14.3. The van der Waals surface area contributed by atoms with Gasteiger partial charge in [-0.2, -0.15) is 13.2 Å². The second kappa shape index (κ2) is 4.33. The van der Waals surface area contributed by atoms with Gasteiger partial charge in [0.2, 0.25) is 5.89 Å². The summed E-state index contributed by atoms with van der Waals surface area (Å²) in [6.45, 7) is 0. The Labute approximate surface area is 110 Å². The van der Waals surface area contributed by atoms with Gasteiger partial charge in [0.05, 0.1) is 11.1 Å². The molecule has 1 heterocycles. The fourth-order valence-electron chi connectivity index (χ4n) is 1.85. The number of hydrogen-bond acceptors (Lipinski definition) is 2. The minimum Gasteiger partial charge on any atom is -0.436 e. The van der Waals surface area contributed by atoms with Crippen molar-refractivity contribution in [3.8, 4) is 11.5 Å². The van der Waals surface area contributed by atoms with E-state index in [0.29, 0.717) is 23.2 Å². The van der Waals surface area contributed by atoms with Crippen LogP contribution in [0.1, 0.15) is 5.56 Å². The van der Waals surface area contributed by atoms with E-state index in [1.165, 1.54) is 0 Å². The molecule has 0 aliphatic heterocycles. The molecule has 2 aromatic carbocycles. The molecule has 0 saturated carbocycles. The van der Waals surface area contributed by atoms with Crippen molar-refractivity contribution in [1.82, 2.24) is 4.98 Å². The van der Waals surface area contributed by atoms with E-state index in [2.05, 4.69) is 4.98 Å². The summed E-state index contributed by atoms with van der Waals surface area (Å²) in [5, 5.41) is 0. The fourth-order valence-corrected chi connectivity index (χ4v) is 1.85. The van der Waals surface area contributed by atoms with Crippen LogP contribution in [0, 0.1) is 5.82 Å². The van der Waals surface area contributed by atoms with E-state index in [1.54, 1.807) is 24.3 Å². The molecular formula is C14H7F4NO. The van der Waals surface area contributed by atoms with Crippen LogP contribution in [-0.4, -0.2) is 4.98 Å². The summed E-state index contributed by atoms with van der Waals surface area (Å²) in [5.41, 5.74) is -0.411. The van der Waals surface area contributed by atoms with Crippen LogP contribution < -0.4 is 0 Å². The molecule has 0 aliphatic carbocycles. The zero-order valence-corrected chi connectivity index (χ0v) is 9.91. The molecule has 20 heavy (non-hydrogen) atoms. The number of para-hydroxylation sites is 2. The Kier molecular flexibility index (Phi) is 2.74. The summed E-state index contributed by atoms with van der Waals surface area (Å²) in [4.78, 5) is 3.99. The zero-order valence-electron chi connectivity index (χ0n) is 9.91. The molecule has 0 aliphatic rings. The van der Waals surface area contributed by atoms with Crippen LogP contribution in [0.15, 0.2) is 46.9 Å². The van der Waals surface area contributed by atoms with Crippen molar-refractivity contribution in [1.29, 1.82) is 0 Å². The van der Waals surface area contributed by atoms with Gasteiger partial charge in [-0.1, -0.05) is 12.1 Å². The van der Waals surface area contributed by atoms with Gasteiger partial charge in [0, 0.05) is 0 Å². The van der Waals surface area contributed by atoms with Crippen molar-refractivity contribution in [3.05, 3.63) is 53.8 Å². The van der Waals surface area contributed by atoms with Gasteiger partial charge in [-0.3, -0.25) is 0 Å². The van der Waals surface area contributed by atoms with Crippen LogP contribution >= 0.6 is 0 Å². The second-order valence-electron chi connectivity index (χ2n) is 4.18. The average Bonchev–Trinajstić information content (AvgIpc) is 2.81. The lowest BCUT2D eigenvalue weighted by Gasteiger charge is -2.07. The van der Waals surface area contributed by atoms with Crippen LogP contribution in [0.4, 0.5) is 17.6 Å². The second-order valence-corrected chi connectivity index (χ2v) is 4.18. The molecule has 0 fully saturated rings. The smallest absolute Gasteiger partial charge is 0.416 e. The van der Waals surface area contributed by atoms with Gasteiger partial charge in [-0.15, -0.1) is 0 Å². The van der Waals surface area contributed by atoms with Crippen LogP contribution in [0.3, 0.4) is 0 Å². The summed E-state index contributed by atoms with van der Waals surface area (Å²) >= 11 is 0.